The second-order valence-corrected chi connectivity index (χ2v) is 7.86. The first-order valence-corrected chi connectivity index (χ1v) is 10.2. The van der Waals surface area contributed by atoms with E-state index in [2.05, 4.69) is 5.32 Å². The molecule has 5 nitrogen and oxygen atoms in total. The molecule has 1 aliphatic heterocycles. The average Bonchev–Trinajstić information content (AvgIpc) is 3.56. The van der Waals surface area contributed by atoms with Gasteiger partial charge < -0.3 is 15.0 Å². The van der Waals surface area contributed by atoms with Gasteiger partial charge in [-0.15, -0.1) is 0 Å². The number of carbonyl (C=O) groups is 2. The van der Waals surface area contributed by atoms with E-state index in [1.54, 1.807) is 29.2 Å². The van der Waals surface area contributed by atoms with Crippen LogP contribution < -0.4 is 10.1 Å². The van der Waals surface area contributed by atoms with E-state index in [0.29, 0.717) is 42.6 Å². The zero-order valence-corrected chi connectivity index (χ0v) is 16.3. The first-order valence-electron chi connectivity index (χ1n) is 10.2. The lowest BCUT2D eigenvalue weighted by Gasteiger charge is -2.32. The Kier molecular flexibility index (Phi) is 5.79. The second-order valence-electron chi connectivity index (χ2n) is 7.86. The van der Waals surface area contributed by atoms with Crippen molar-refractivity contribution in [3.05, 3.63) is 65.5 Å². The summed E-state index contributed by atoms with van der Waals surface area (Å²) in [5.41, 5.74) is 0.974. The Bertz CT molecular complexity index is 897. The molecule has 4 rings (SSSR count). The number of amides is 2. The predicted molar refractivity (Wildman–Crippen MR) is 107 cm³/mol. The molecule has 29 heavy (non-hydrogen) atoms. The highest BCUT2D eigenvalue weighted by molar-refractivity contribution is 5.95. The lowest BCUT2D eigenvalue weighted by atomic mass is 9.98. The molecule has 1 N–H and O–H groups in total. The van der Waals surface area contributed by atoms with E-state index in [1.165, 1.54) is 12.1 Å². The van der Waals surface area contributed by atoms with E-state index in [0.717, 1.165) is 25.7 Å². The molecule has 1 aliphatic carbocycles. The van der Waals surface area contributed by atoms with E-state index in [-0.39, 0.29) is 17.7 Å². The van der Waals surface area contributed by atoms with Gasteiger partial charge in [-0.2, -0.15) is 0 Å². The fourth-order valence-corrected chi connectivity index (χ4v) is 3.63. The summed E-state index contributed by atoms with van der Waals surface area (Å²) in [6.45, 7) is 1.72. The van der Waals surface area contributed by atoms with E-state index in [1.807, 2.05) is 12.1 Å². The van der Waals surface area contributed by atoms with E-state index >= 15 is 0 Å². The first-order chi connectivity index (χ1) is 14.1. The van der Waals surface area contributed by atoms with Gasteiger partial charge in [0, 0.05) is 36.2 Å². The number of halogens is 1. The van der Waals surface area contributed by atoms with Crippen LogP contribution in [0.1, 0.15) is 46.4 Å². The van der Waals surface area contributed by atoms with Crippen molar-refractivity contribution in [2.45, 2.75) is 31.7 Å². The number of nitrogens with one attached hydrogen (secondary N) is 1. The van der Waals surface area contributed by atoms with Crippen LogP contribution in [0.15, 0.2) is 48.5 Å². The number of carbonyl (C=O) groups excluding carboxylic acids is 2. The highest BCUT2D eigenvalue weighted by Crippen LogP contribution is 2.23. The Morgan fingerprint density at radius 1 is 1.07 bits per heavy atom. The summed E-state index contributed by atoms with van der Waals surface area (Å²) in [5, 5.41) is 2.98. The third-order valence-electron chi connectivity index (χ3n) is 5.37. The maximum absolute atomic E-state index is 13.4. The van der Waals surface area contributed by atoms with Gasteiger partial charge in [-0.3, -0.25) is 9.59 Å². The van der Waals surface area contributed by atoms with Crippen LogP contribution in [-0.4, -0.2) is 42.5 Å². The maximum atomic E-state index is 13.4. The number of ether oxygens (including phenoxy) is 1. The number of nitrogens with zero attached hydrogens (tertiary/aromatic N) is 1. The number of benzene rings is 2. The van der Waals surface area contributed by atoms with Crippen LogP contribution in [0.2, 0.25) is 0 Å². The average molecular weight is 396 g/mol. The predicted octanol–water partition coefficient (Wildman–Crippen LogP) is 3.65. The smallest absolute Gasteiger partial charge is 0.253 e. The topological polar surface area (TPSA) is 58.6 Å². The summed E-state index contributed by atoms with van der Waals surface area (Å²) in [7, 11) is 0. The van der Waals surface area contributed by atoms with Gasteiger partial charge in [0.25, 0.3) is 11.8 Å². The normalized spacial score (nSPS) is 18.9. The molecule has 2 aromatic carbocycles. The molecule has 2 amide bonds. The van der Waals surface area contributed by atoms with Gasteiger partial charge in [-0.05, 0) is 62.1 Å². The van der Waals surface area contributed by atoms with Crippen LogP contribution >= 0.6 is 0 Å². The molecule has 0 bridgehead atoms. The maximum Gasteiger partial charge on any atom is 0.253 e. The van der Waals surface area contributed by atoms with Crippen molar-refractivity contribution in [2.75, 3.05) is 19.7 Å². The van der Waals surface area contributed by atoms with Gasteiger partial charge >= 0.3 is 0 Å². The molecule has 152 valence electrons. The summed E-state index contributed by atoms with van der Waals surface area (Å²) >= 11 is 0. The molecule has 0 radical (unpaired) electrons. The van der Waals surface area contributed by atoms with Gasteiger partial charge in [-0.1, -0.05) is 12.1 Å². The van der Waals surface area contributed by atoms with E-state index < -0.39 is 5.82 Å². The Morgan fingerprint density at radius 3 is 2.66 bits per heavy atom. The SMILES string of the molecule is O=C(NC1CC1)c1cccc(OC[C@H]2CCCN(C(=O)c3cccc(F)c3)C2)c1. The summed E-state index contributed by atoms with van der Waals surface area (Å²) in [6.07, 6.45) is 3.95. The lowest BCUT2D eigenvalue weighted by Crippen LogP contribution is -2.41. The molecule has 0 unspecified atom stereocenters. The monoisotopic (exact) mass is 396 g/mol. The Hall–Kier alpha value is -2.89. The number of hydrogen-bond acceptors (Lipinski definition) is 3. The van der Waals surface area contributed by atoms with Crippen LogP contribution in [0.4, 0.5) is 4.39 Å². The lowest BCUT2D eigenvalue weighted by molar-refractivity contribution is 0.0632. The largest absolute Gasteiger partial charge is 0.493 e. The Labute approximate surface area is 169 Å². The Balaban J connectivity index is 1.33. The minimum atomic E-state index is -0.404. The summed E-state index contributed by atoms with van der Waals surface area (Å²) < 4.78 is 19.4. The van der Waals surface area contributed by atoms with Crippen molar-refractivity contribution in [3.8, 4) is 5.75 Å². The van der Waals surface area contributed by atoms with Crippen molar-refractivity contribution >= 4 is 11.8 Å². The number of hydrogen-bond donors (Lipinski definition) is 1. The molecule has 0 aromatic heterocycles. The molecular formula is C23H25FN2O3. The molecule has 1 heterocycles. The van der Waals surface area contributed by atoms with Crippen molar-refractivity contribution in [1.29, 1.82) is 0 Å². The molecular weight excluding hydrogens is 371 g/mol. The van der Waals surface area contributed by atoms with Crippen molar-refractivity contribution in [1.82, 2.24) is 10.2 Å². The third kappa shape index (κ3) is 5.13. The van der Waals surface area contributed by atoms with Gasteiger partial charge in [-0.25, -0.2) is 4.39 Å². The summed E-state index contributed by atoms with van der Waals surface area (Å²) in [6, 6.07) is 13.3. The first kappa shape index (κ1) is 19.4. The van der Waals surface area contributed by atoms with E-state index in [4.69, 9.17) is 4.74 Å². The van der Waals surface area contributed by atoms with E-state index in [9.17, 15) is 14.0 Å². The van der Waals surface area contributed by atoms with Crippen LogP contribution in [0, 0.1) is 11.7 Å². The zero-order valence-electron chi connectivity index (χ0n) is 16.3. The number of rotatable bonds is 6. The fourth-order valence-electron chi connectivity index (χ4n) is 3.63. The van der Waals surface area contributed by atoms with Crippen LogP contribution in [-0.2, 0) is 0 Å². The molecule has 6 heteroatoms. The van der Waals surface area contributed by atoms with Gasteiger partial charge in [0.1, 0.15) is 11.6 Å². The van der Waals surface area contributed by atoms with Crippen LogP contribution in [0.5, 0.6) is 5.75 Å². The summed E-state index contributed by atoms with van der Waals surface area (Å²) in [5.74, 6) is 0.237. The highest BCUT2D eigenvalue weighted by atomic mass is 19.1. The summed E-state index contributed by atoms with van der Waals surface area (Å²) in [4.78, 5) is 26.6. The number of piperidine rings is 1. The van der Waals surface area contributed by atoms with Crippen molar-refractivity contribution in [2.24, 2.45) is 5.92 Å². The highest BCUT2D eigenvalue weighted by Gasteiger charge is 2.26. The van der Waals surface area contributed by atoms with Crippen molar-refractivity contribution < 1.29 is 18.7 Å². The van der Waals surface area contributed by atoms with Crippen LogP contribution in [0.3, 0.4) is 0 Å². The minimum absolute atomic E-state index is 0.0671. The molecule has 2 aliphatic rings. The zero-order chi connectivity index (χ0) is 20.2. The standard InChI is InChI=1S/C23H25FN2O3/c24-19-7-1-6-18(12-19)23(28)26-11-3-4-16(14-26)15-29-21-8-2-5-17(13-21)22(27)25-20-9-10-20/h1-2,5-8,12-13,16,20H,3-4,9-11,14-15H2,(H,25,27)/t16-/m0/s1. The second kappa shape index (κ2) is 8.64. The molecule has 1 atom stereocenters. The molecule has 2 aromatic rings. The minimum Gasteiger partial charge on any atom is -0.493 e. The van der Waals surface area contributed by atoms with Crippen molar-refractivity contribution in [3.63, 3.8) is 0 Å². The molecule has 1 saturated heterocycles. The molecule has 0 spiro atoms. The third-order valence-corrected chi connectivity index (χ3v) is 5.37. The number of likely N-dealkylation sites (tertiary alicyclic amines) is 1. The fraction of sp³-hybridized carbons (Fsp3) is 0.391. The van der Waals surface area contributed by atoms with Gasteiger partial charge in [0.2, 0.25) is 0 Å². The van der Waals surface area contributed by atoms with Gasteiger partial charge in [0.15, 0.2) is 0 Å². The van der Waals surface area contributed by atoms with Gasteiger partial charge in [0.05, 0.1) is 6.61 Å². The molecule has 1 saturated carbocycles. The Morgan fingerprint density at radius 2 is 1.86 bits per heavy atom. The van der Waals surface area contributed by atoms with Crippen LogP contribution in [0.25, 0.3) is 0 Å². The quantitative estimate of drug-likeness (QED) is 0.811. The molecule has 2 fully saturated rings.